The van der Waals surface area contributed by atoms with Gasteiger partial charge in [-0.1, -0.05) is 31.2 Å². The smallest absolute Gasteiger partial charge is 0.124 e. The molecule has 106 valence electrons. The van der Waals surface area contributed by atoms with Gasteiger partial charge in [0.05, 0.1) is 6.61 Å². The summed E-state index contributed by atoms with van der Waals surface area (Å²) < 4.78 is 5.78. The van der Waals surface area contributed by atoms with Crippen molar-refractivity contribution in [1.82, 2.24) is 0 Å². The number of nitrogens with one attached hydrogen (secondary N) is 1. The highest BCUT2D eigenvalue weighted by Gasteiger charge is 2.03. The Morgan fingerprint density at radius 3 is 2.55 bits per heavy atom. The lowest BCUT2D eigenvalue weighted by Gasteiger charge is -2.13. The van der Waals surface area contributed by atoms with Gasteiger partial charge in [0.1, 0.15) is 5.75 Å². The second-order valence-electron chi connectivity index (χ2n) is 5.11. The molecule has 0 saturated carbocycles. The molecule has 0 saturated heterocycles. The molecule has 0 unspecified atom stereocenters. The SMILES string of the molecule is CCCOc1ccccc1CNc1ccc(C)c(C)c1. The summed E-state index contributed by atoms with van der Waals surface area (Å²) in [5.41, 5.74) is 4.98. The van der Waals surface area contributed by atoms with Crippen LogP contribution in [-0.4, -0.2) is 6.61 Å². The van der Waals surface area contributed by atoms with Gasteiger partial charge in [-0.3, -0.25) is 0 Å². The third kappa shape index (κ3) is 3.77. The maximum absolute atomic E-state index is 5.78. The van der Waals surface area contributed by atoms with Crippen LogP contribution in [0.25, 0.3) is 0 Å². The highest BCUT2D eigenvalue weighted by molar-refractivity contribution is 5.49. The molecule has 0 aromatic heterocycles. The van der Waals surface area contributed by atoms with Gasteiger partial charge in [-0.25, -0.2) is 0 Å². The van der Waals surface area contributed by atoms with Crippen LogP contribution in [0, 0.1) is 13.8 Å². The summed E-state index contributed by atoms with van der Waals surface area (Å²) in [5, 5.41) is 3.47. The van der Waals surface area contributed by atoms with Crippen LogP contribution in [-0.2, 0) is 6.54 Å². The molecule has 0 spiro atoms. The number of para-hydroxylation sites is 1. The van der Waals surface area contributed by atoms with E-state index in [0.717, 1.165) is 31.0 Å². The van der Waals surface area contributed by atoms with Gasteiger partial charge < -0.3 is 10.1 Å². The number of anilines is 1. The van der Waals surface area contributed by atoms with Crippen LogP contribution in [0.4, 0.5) is 5.69 Å². The Morgan fingerprint density at radius 2 is 1.80 bits per heavy atom. The van der Waals surface area contributed by atoms with E-state index < -0.39 is 0 Å². The molecule has 2 rings (SSSR count). The Hall–Kier alpha value is -1.96. The third-order valence-corrected chi connectivity index (χ3v) is 3.42. The molecule has 0 aliphatic carbocycles. The van der Waals surface area contributed by atoms with Crippen molar-refractivity contribution in [3.05, 3.63) is 59.2 Å². The first-order valence-electron chi connectivity index (χ1n) is 7.22. The van der Waals surface area contributed by atoms with Gasteiger partial charge in [-0.2, -0.15) is 0 Å². The van der Waals surface area contributed by atoms with Crippen LogP contribution < -0.4 is 10.1 Å². The van der Waals surface area contributed by atoms with Crippen molar-refractivity contribution in [2.45, 2.75) is 33.7 Å². The third-order valence-electron chi connectivity index (χ3n) is 3.42. The van der Waals surface area contributed by atoms with Crippen LogP contribution in [0.1, 0.15) is 30.0 Å². The molecule has 2 aromatic carbocycles. The van der Waals surface area contributed by atoms with Crippen LogP contribution in [0.15, 0.2) is 42.5 Å². The summed E-state index contributed by atoms with van der Waals surface area (Å²) in [6.07, 6.45) is 1.03. The first-order valence-corrected chi connectivity index (χ1v) is 7.22. The van der Waals surface area contributed by atoms with E-state index in [1.165, 1.54) is 16.7 Å². The minimum atomic E-state index is 0.765. The van der Waals surface area contributed by atoms with E-state index in [1.807, 2.05) is 12.1 Å². The molecule has 0 heterocycles. The van der Waals surface area contributed by atoms with E-state index in [9.17, 15) is 0 Å². The molecule has 2 nitrogen and oxygen atoms in total. The molecule has 20 heavy (non-hydrogen) atoms. The summed E-state index contributed by atoms with van der Waals surface area (Å²) >= 11 is 0. The predicted octanol–water partition coefficient (Wildman–Crippen LogP) is 4.70. The first-order chi connectivity index (χ1) is 9.70. The first kappa shape index (κ1) is 14.4. The van der Waals surface area contributed by atoms with E-state index in [2.05, 4.69) is 56.4 Å². The fourth-order valence-electron chi connectivity index (χ4n) is 2.05. The molecule has 1 N–H and O–H groups in total. The predicted molar refractivity (Wildman–Crippen MR) is 85.5 cm³/mol. The van der Waals surface area contributed by atoms with Crippen LogP contribution >= 0.6 is 0 Å². The van der Waals surface area contributed by atoms with Crippen LogP contribution in [0.3, 0.4) is 0 Å². The lowest BCUT2D eigenvalue weighted by atomic mass is 10.1. The molecule has 2 heteroatoms. The minimum Gasteiger partial charge on any atom is -0.493 e. The van der Waals surface area contributed by atoms with Gasteiger partial charge >= 0.3 is 0 Å². The Bertz CT molecular complexity index is 563. The monoisotopic (exact) mass is 269 g/mol. The van der Waals surface area contributed by atoms with Gasteiger partial charge in [-0.15, -0.1) is 0 Å². The zero-order valence-corrected chi connectivity index (χ0v) is 12.6. The largest absolute Gasteiger partial charge is 0.493 e. The fourth-order valence-corrected chi connectivity index (χ4v) is 2.05. The zero-order valence-electron chi connectivity index (χ0n) is 12.6. The number of hydrogen-bond donors (Lipinski definition) is 1. The standard InChI is InChI=1S/C18H23NO/c1-4-11-20-18-8-6-5-7-16(18)13-19-17-10-9-14(2)15(3)12-17/h5-10,12,19H,4,11,13H2,1-3H3. The van der Waals surface area contributed by atoms with E-state index >= 15 is 0 Å². The van der Waals surface area contributed by atoms with Crippen molar-refractivity contribution in [2.24, 2.45) is 0 Å². The van der Waals surface area contributed by atoms with Gasteiger partial charge in [0.15, 0.2) is 0 Å². The number of ether oxygens (including phenoxy) is 1. The summed E-state index contributed by atoms with van der Waals surface area (Å²) in [6, 6.07) is 14.7. The van der Waals surface area contributed by atoms with Gasteiger partial charge in [0.2, 0.25) is 0 Å². The molecule has 0 fully saturated rings. The van der Waals surface area contributed by atoms with Gasteiger partial charge in [-0.05, 0) is 49.6 Å². The summed E-state index contributed by atoms with van der Waals surface area (Å²) in [4.78, 5) is 0. The van der Waals surface area contributed by atoms with E-state index in [4.69, 9.17) is 4.74 Å². The van der Waals surface area contributed by atoms with Crippen molar-refractivity contribution >= 4 is 5.69 Å². The average molecular weight is 269 g/mol. The summed E-state index contributed by atoms with van der Waals surface area (Å²) in [6.45, 7) is 7.94. The number of hydrogen-bond acceptors (Lipinski definition) is 2. The Balaban J connectivity index is 2.04. The maximum Gasteiger partial charge on any atom is 0.124 e. The quantitative estimate of drug-likeness (QED) is 0.820. The summed E-state index contributed by atoms with van der Waals surface area (Å²) in [7, 11) is 0. The topological polar surface area (TPSA) is 21.3 Å². The molecule has 0 aliphatic heterocycles. The zero-order chi connectivity index (χ0) is 14.4. The van der Waals surface area contributed by atoms with E-state index in [1.54, 1.807) is 0 Å². The second kappa shape index (κ2) is 6.99. The highest BCUT2D eigenvalue weighted by atomic mass is 16.5. The van der Waals surface area contributed by atoms with Crippen molar-refractivity contribution in [3.8, 4) is 5.75 Å². The highest BCUT2D eigenvalue weighted by Crippen LogP contribution is 2.21. The fraction of sp³-hybridized carbons (Fsp3) is 0.333. The van der Waals surface area contributed by atoms with Crippen LogP contribution in [0.5, 0.6) is 5.75 Å². The van der Waals surface area contributed by atoms with E-state index in [-0.39, 0.29) is 0 Å². The van der Waals surface area contributed by atoms with Crippen molar-refractivity contribution < 1.29 is 4.74 Å². The Labute approximate surface area is 121 Å². The normalized spacial score (nSPS) is 10.3. The Morgan fingerprint density at radius 1 is 1.00 bits per heavy atom. The average Bonchev–Trinajstić information content (AvgIpc) is 2.47. The maximum atomic E-state index is 5.78. The van der Waals surface area contributed by atoms with E-state index in [0.29, 0.717) is 0 Å². The molecule has 0 aliphatic rings. The molecular weight excluding hydrogens is 246 g/mol. The summed E-state index contributed by atoms with van der Waals surface area (Å²) in [5.74, 6) is 0.977. The molecule has 0 radical (unpaired) electrons. The van der Waals surface area contributed by atoms with Crippen LogP contribution in [0.2, 0.25) is 0 Å². The molecule has 0 bridgehead atoms. The molecular formula is C18H23NO. The van der Waals surface area contributed by atoms with Crippen molar-refractivity contribution in [2.75, 3.05) is 11.9 Å². The lowest BCUT2D eigenvalue weighted by molar-refractivity contribution is 0.314. The molecule has 0 atom stereocenters. The Kier molecular flexibility index (Phi) is 5.05. The van der Waals surface area contributed by atoms with Gasteiger partial charge in [0, 0.05) is 17.8 Å². The number of rotatable bonds is 6. The second-order valence-corrected chi connectivity index (χ2v) is 5.11. The number of benzene rings is 2. The minimum absolute atomic E-state index is 0.765. The number of aryl methyl sites for hydroxylation is 2. The molecule has 2 aromatic rings. The molecule has 0 amide bonds. The van der Waals surface area contributed by atoms with Crippen molar-refractivity contribution in [1.29, 1.82) is 0 Å². The van der Waals surface area contributed by atoms with Gasteiger partial charge in [0.25, 0.3) is 0 Å². The lowest BCUT2D eigenvalue weighted by Crippen LogP contribution is -2.04. The van der Waals surface area contributed by atoms with Crippen molar-refractivity contribution in [3.63, 3.8) is 0 Å².